The number of ketones is 1. The standard InChI is InChI=1S/C18H19ClN2O4/c19-11-4-3-5-12(8-11)20-15-7-2-1-6-13-9-14(22)10-16(18(24)25)21(13)17(15)23/h1-5,8,13,15-16,20H,6-7,9-10H2,(H,24,25)/b2-1-/t13-,15-,16-/m0/s1. The fraction of sp³-hybridized carbons (Fsp3) is 0.389. The molecule has 0 aromatic heterocycles. The summed E-state index contributed by atoms with van der Waals surface area (Å²) in [5, 5.41) is 13.2. The molecule has 3 rings (SSSR count). The SMILES string of the molecule is O=C1C[C@@H]2C/C=C\C[C@H](Nc3cccc(Cl)c3)C(=O)N2[C@H](C(=O)O)C1. The number of carbonyl (C=O) groups excluding carboxylic acids is 2. The topological polar surface area (TPSA) is 86.7 Å². The van der Waals surface area contributed by atoms with Gasteiger partial charge in [-0.1, -0.05) is 29.8 Å². The molecule has 1 amide bonds. The zero-order chi connectivity index (χ0) is 18.0. The molecule has 0 radical (unpaired) electrons. The number of rotatable bonds is 3. The number of nitrogens with zero attached hydrogens (tertiary/aromatic N) is 1. The van der Waals surface area contributed by atoms with Crippen LogP contribution in [0.15, 0.2) is 36.4 Å². The number of hydrogen-bond acceptors (Lipinski definition) is 4. The summed E-state index contributed by atoms with van der Waals surface area (Å²) >= 11 is 5.98. The number of halogens is 1. The first kappa shape index (κ1) is 17.5. The number of benzene rings is 1. The highest BCUT2D eigenvalue weighted by Crippen LogP contribution is 2.28. The van der Waals surface area contributed by atoms with Gasteiger partial charge in [-0.05, 0) is 31.0 Å². The van der Waals surface area contributed by atoms with E-state index in [2.05, 4.69) is 5.32 Å². The fourth-order valence-corrected chi connectivity index (χ4v) is 3.61. The molecule has 0 unspecified atom stereocenters. The first-order valence-electron chi connectivity index (χ1n) is 8.19. The van der Waals surface area contributed by atoms with Gasteiger partial charge in [0.25, 0.3) is 0 Å². The van der Waals surface area contributed by atoms with Crippen LogP contribution < -0.4 is 5.32 Å². The Morgan fingerprint density at radius 3 is 2.68 bits per heavy atom. The quantitative estimate of drug-likeness (QED) is 0.807. The van der Waals surface area contributed by atoms with Gasteiger partial charge in [-0.3, -0.25) is 9.59 Å². The second-order valence-corrected chi connectivity index (χ2v) is 6.79. The van der Waals surface area contributed by atoms with E-state index in [1.54, 1.807) is 24.3 Å². The number of carboxylic acid groups (broad SMARTS) is 1. The van der Waals surface area contributed by atoms with E-state index in [-0.39, 0.29) is 24.5 Å². The molecule has 3 atom stereocenters. The number of carboxylic acids is 1. The smallest absolute Gasteiger partial charge is 0.326 e. The van der Waals surface area contributed by atoms with Gasteiger partial charge in [0.2, 0.25) is 5.91 Å². The fourth-order valence-electron chi connectivity index (χ4n) is 3.42. The molecule has 132 valence electrons. The Kier molecular flexibility index (Phi) is 5.08. The lowest BCUT2D eigenvalue weighted by Gasteiger charge is -2.41. The van der Waals surface area contributed by atoms with E-state index in [1.165, 1.54) is 4.90 Å². The molecule has 1 aromatic rings. The van der Waals surface area contributed by atoms with Gasteiger partial charge in [-0.2, -0.15) is 0 Å². The van der Waals surface area contributed by atoms with Crippen LogP contribution in [0.25, 0.3) is 0 Å². The summed E-state index contributed by atoms with van der Waals surface area (Å²) in [6, 6.07) is 4.91. The van der Waals surface area contributed by atoms with Crippen molar-refractivity contribution in [1.82, 2.24) is 4.90 Å². The van der Waals surface area contributed by atoms with Crippen molar-refractivity contribution in [3.05, 3.63) is 41.4 Å². The number of nitrogens with one attached hydrogen (secondary N) is 1. The number of fused-ring (bicyclic) bond motifs is 1. The van der Waals surface area contributed by atoms with Crippen LogP contribution in [0, 0.1) is 0 Å². The van der Waals surface area contributed by atoms with Crippen molar-refractivity contribution in [1.29, 1.82) is 0 Å². The summed E-state index contributed by atoms with van der Waals surface area (Å²) in [6.45, 7) is 0. The van der Waals surface area contributed by atoms with Crippen LogP contribution in [0.1, 0.15) is 25.7 Å². The zero-order valence-corrected chi connectivity index (χ0v) is 14.3. The van der Waals surface area contributed by atoms with E-state index in [0.29, 0.717) is 23.6 Å². The van der Waals surface area contributed by atoms with Gasteiger partial charge in [0.1, 0.15) is 17.9 Å². The van der Waals surface area contributed by atoms with Crippen LogP contribution in [0.2, 0.25) is 5.02 Å². The number of hydrogen-bond donors (Lipinski definition) is 2. The number of Topliss-reactive ketones (excluding diaryl/α,β-unsaturated/α-hetero) is 1. The Labute approximate surface area is 150 Å². The zero-order valence-electron chi connectivity index (χ0n) is 13.5. The van der Waals surface area contributed by atoms with Crippen LogP contribution >= 0.6 is 11.6 Å². The van der Waals surface area contributed by atoms with Crippen molar-refractivity contribution >= 4 is 34.9 Å². The molecule has 0 bridgehead atoms. The lowest BCUT2D eigenvalue weighted by atomic mass is 9.89. The molecule has 25 heavy (non-hydrogen) atoms. The number of piperidine rings is 1. The van der Waals surface area contributed by atoms with Gasteiger partial charge in [-0.25, -0.2) is 4.79 Å². The van der Waals surface area contributed by atoms with E-state index in [1.807, 2.05) is 12.2 Å². The highest BCUT2D eigenvalue weighted by molar-refractivity contribution is 6.30. The maximum atomic E-state index is 13.1. The minimum atomic E-state index is -1.14. The van der Waals surface area contributed by atoms with E-state index < -0.39 is 24.1 Å². The predicted octanol–water partition coefficient (Wildman–Crippen LogP) is 2.48. The van der Waals surface area contributed by atoms with Gasteiger partial charge in [0, 0.05) is 29.6 Å². The highest BCUT2D eigenvalue weighted by atomic mass is 35.5. The van der Waals surface area contributed by atoms with Gasteiger partial charge < -0.3 is 15.3 Å². The first-order valence-corrected chi connectivity index (χ1v) is 8.57. The molecular formula is C18H19ClN2O4. The first-order chi connectivity index (χ1) is 12.0. The molecule has 7 heteroatoms. The van der Waals surface area contributed by atoms with Gasteiger partial charge >= 0.3 is 5.97 Å². The van der Waals surface area contributed by atoms with Crippen molar-refractivity contribution in [2.24, 2.45) is 0 Å². The summed E-state index contributed by atoms with van der Waals surface area (Å²) in [5.41, 5.74) is 0.691. The van der Waals surface area contributed by atoms with Crippen molar-refractivity contribution in [3.63, 3.8) is 0 Å². The molecule has 2 heterocycles. The maximum Gasteiger partial charge on any atom is 0.326 e. The average molecular weight is 363 g/mol. The van der Waals surface area contributed by atoms with Crippen LogP contribution in [0.5, 0.6) is 0 Å². The molecule has 2 aliphatic rings. The van der Waals surface area contributed by atoms with Crippen molar-refractivity contribution in [2.45, 2.75) is 43.8 Å². The molecule has 2 N–H and O–H groups in total. The maximum absolute atomic E-state index is 13.1. The minimum absolute atomic E-state index is 0.116. The number of aliphatic carboxylic acids is 1. The predicted molar refractivity (Wildman–Crippen MR) is 93.5 cm³/mol. The minimum Gasteiger partial charge on any atom is -0.480 e. The van der Waals surface area contributed by atoms with Crippen LogP contribution in [0.3, 0.4) is 0 Å². The second-order valence-electron chi connectivity index (χ2n) is 6.35. The van der Waals surface area contributed by atoms with Crippen LogP contribution in [-0.2, 0) is 14.4 Å². The Balaban J connectivity index is 1.89. The Hall–Kier alpha value is -2.34. The van der Waals surface area contributed by atoms with Crippen molar-refractivity contribution < 1.29 is 19.5 Å². The van der Waals surface area contributed by atoms with Gasteiger partial charge in [0.15, 0.2) is 0 Å². The van der Waals surface area contributed by atoms with Crippen molar-refractivity contribution in [3.8, 4) is 0 Å². The molecule has 1 aromatic carbocycles. The lowest BCUT2D eigenvalue weighted by Crippen LogP contribution is -2.59. The molecule has 2 aliphatic heterocycles. The van der Waals surface area contributed by atoms with Crippen molar-refractivity contribution in [2.75, 3.05) is 5.32 Å². The van der Waals surface area contributed by atoms with E-state index >= 15 is 0 Å². The van der Waals surface area contributed by atoms with E-state index in [4.69, 9.17) is 11.6 Å². The second kappa shape index (κ2) is 7.27. The molecule has 0 saturated carbocycles. The van der Waals surface area contributed by atoms with E-state index in [0.717, 1.165) is 0 Å². The molecule has 6 nitrogen and oxygen atoms in total. The summed E-state index contributed by atoms with van der Waals surface area (Å²) in [5.74, 6) is -1.55. The largest absolute Gasteiger partial charge is 0.480 e. The monoisotopic (exact) mass is 362 g/mol. The summed E-state index contributed by atoms with van der Waals surface area (Å²) < 4.78 is 0. The summed E-state index contributed by atoms with van der Waals surface area (Å²) in [6.07, 6.45) is 4.80. The van der Waals surface area contributed by atoms with Gasteiger partial charge in [-0.15, -0.1) is 0 Å². The third kappa shape index (κ3) is 3.85. The third-order valence-corrected chi connectivity index (χ3v) is 4.80. The average Bonchev–Trinajstić information content (AvgIpc) is 2.55. The van der Waals surface area contributed by atoms with Crippen LogP contribution in [0.4, 0.5) is 5.69 Å². The summed E-state index contributed by atoms with van der Waals surface area (Å²) in [7, 11) is 0. The highest BCUT2D eigenvalue weighted by Gasteiger charge is 2.43. The van der Waals surface area contributed by atoms with E-state index in [9.17, 15) is 19.5 Å². The number of amides is 1. The van der Waals surface area contributed by atoms with Gasteiger partial charge in [0.05, 0.1) is 0 Å². The Morgan fingerprint density at radius 1 is 1.20 bits per heavy atom. The molecular weight excluding hydrogens is 344 g/mol. The molecule has 1 fully saturated rings. The third-order valence-electron chi connectivity index (χ3n) is 4.56. The lowest BCUT2D eigenvalue weighted by molar-refractivity contribution is -0.158. The number of anilines is 1. The molecule has 0 spiro atoms. The summed E-state index contributed by atoms with van der Waals surface area (Å²) in [4.78, 5) is 37.9. The van der Waals surface area contributed by atoms with Crippen LogP contribution in [-0.4, -0.2) is 45.8 Å². The Morgan fingerprint density at radius 2 is 1.96 bits per heavy atom. The normalized spacial score (nSPS) is 27.9. The molecule has 1 saturated heterocycles. The molecule has 0 aliphatic carbocycles. The Bertz CT molecular complexity index is 734. The number of carbonyl (C=O) groups is 3.